The van der Waals surface area contributed by atoms with Gasteiger partial charge in [-0.15, -0.1) is 0 Å². The van der Waals surface area contributed by atoms with Crippen LogP contribution in [0.5, 0.6) is 5.75 Å². The number of phenolic OH excluding ortho intramolecular Hbond substituents is 1. The highest BCUT2D eigenvalue weighted by Gasteiger charge is 2.22. The van der Waals surface area contributed by atoms with Gasteiger partial charge >= 0.3 is 0 Å². The van der Waals surface area contributed by atoms with E-state index in [0.717, 1.165) is 12.8 Å². The number of hydrogen-bond donors (Lipinski definition) is 3. The van der Waals surface area contributed by atoms with Gasteiger partial charge in [0.1, 0.15) is 5.75 Å². The fourth-order valence-electron chi connectivity index (χ4n) is 1.71. The molecule has 0 radical (unpaired) electrons. The summed E-state index contributed by atoms with van der Waals surface area (Å²) in [5.74, 6) is 0.0874. The SMILES string of the molecule is O=C(CCNCc1cc(Cl)cc(Cl)c1O)NC1CC1. The zero-order valence-corrected chi connectivity index (χ0v) is 11.9. The van der Waals surface area contributed by atoms with Crippen LogP contribution in [0, 0.1) is 0 Å². The maximum Gasteiger partial charge on any atom is 0.221 e. The van der Waals surface area contributed by atoms with E-state index in [0.29, 0.717) is 36.1 Å². The fourth-order valence-corrected chi connectivity index (χ4v) is 2.24. The van der Waals surface area contributed by atoms with Crippen LogP contribution in [0.4, 0.5) is 0 Å². The molecule has 2 rings (SSSR count). The van der Waals surface area contributed by atoms with Crippen molar-refractivity contribution in [3.05, 3.63) is 27.7 Å². The van der Waals surface area contributed by atoms with Gasteiger partial charge < -0.3 is 15.7 Å². The summed E-state index contributed by atoms with van der Waals surface area (Å²) < 4.78 is 0. The third-order valence-corrected chi connectivity index (χ3v) is 3.40. The second kappa shape index (κ2) is 6.46. The lowest BCUT2D eigenvalue weighted by Crippen LogP contribution is -2.29. The number of aromatic hydroxyl groups is 1. The number of halogens is 2. The summed E-state index contributed by atoms with van der Waals surface area (Å²) in [7, 11) is 0. The van der Waals surface area contributed by atoms with Crippen LogP contribution in [-0.2, 0) is 11.3 Å². The van der Waals surface area contributed by atoms with Crippen LogP contribution in [-0.4, -0.2) is 23.6 Å². The second-order valence-corrected chi connectivity index (χ2v) is 5.51. The summed E-state index contributed by atoms with van der Waals surface area (Å²) in [6.07, 6.45) is 2.60. The molecule has 0 spiro atoms. The summed E-state index contributed by atoms with van der Waals surface area (Å²) in [6, 6.07) is 3.54. The van der Waals surface area contributed by atoms with Gasteiger partial charge in [-0.05, 0) is 25.0 Å². The minimum Gasteiger partial charge on any atom is -0.506 e. The molecule has 0 aliphatic heterocycles. The minimum absolute atomic E-state index is 0.0287. The highest BCUT2D eigenvalue weighted by atomic mass is 35.5. The Morgan fingerprint density at radius 3 is 2.79 bits per heavy atom. The molecule has 104 valence electrons. The van der Waals surface area contributed by atoms with E-state index in [1.807, 2.05) is 0 Å². The largest absolute Gasteiger partial charge is 0.506 e. The van der Waals surface area contributed by atoms with Crippen molar-refractivity contribution in [1.82, 2.24) is 10.6 Å². The van der Waals surface area contributed by atoms with Crippen molar-refractivity contribution in [1.29, 1.82) is 0 Å². The molecule has 1 amide bonds. The summed E-state index contributed by atoms with van der Waals surface area (Å²) in [5, 5.41) is 16.5. The van der Waals surface area contributed by atoms with Crippen LogP contribution in [0.1, 0.15) is 24.8 Å². The first-order valence-corrected chi connectivity index (χ1v) is 6.99. The van der Waals surface area contributed by atoms with Gasteiger partial charge in [0.2, 0.25) is 5.91 Å². The minimum atomic E-state index is 0.0287. The van der Waals surface area contributed by atoms with Gasteiger partial charge in [-0.1, -0.05) is 23.2 Å². The molecule has 3 N–H and O–H groups in total. The number of phenols is 1. The van der Waals surface area contributed by atoms with Crippen LogP contribution in [0.25, 0.3) is 0 Å². The third kappa shape index (κ3) is 4.56. The molecule has 4 nitrogen and oxygen atoms in total. The average molecular weight is 303 g/mol. The highest BCUT2D eigenvalue weighted by Crippen LogP contribution is 2.30. The van der Waals surface area contributed by atoms with Gasteiger partial charge in [-0.25, -0.2) is 0 Å². The molecule has 0 bridgehead atoms. The van der Waals surface area contributed by atoms with Crippen LogP contribution in [0.2, 0.25) is 10.0 Å². The number of amides is 1. The molecule has 1 fully saturated rings. The number of carbonyl (C=O) groups is 1. The normalized spacial score (nSPS) is 14.4. The fraction of sp³-hybridized carbons (Fsp3) is 0.462. The lowest BCUT2D eigenvalue weighted by Gasteiger charge is -2.09. The Hall–Kier alpha value is -0.970. The van der Waals surface area contributed by atoms with Crippen molar-refractivity contribution in [3.63, 3.8) is 0 Å². The predicted octanol–water partition coefficient (Wildman–Crippen LogP) is 2.46. The Balaban J connectivity index is 1.74. The summed E-state index contributed by atoms with van der Waals surface area (Å²) in [5.41, 5.74) is 0.625. The van der Waals surface area contributed by atoms with Crippen molar-refractivity contribution < 1.29 is 9.90 Å². The predicted molar refractivity (Wildman–Crippen MR) is 75.6 cm³/mol. The smallest absolute Gasteiger partial charge is 0.221 e. The first kappa shape index (κ1) is 14.4. The molecule has 1 aromatic carbocycles. The molecular weight excluding hydrogens is 287 g/mol. The van der Waals surface area contributed by atoms with Crippen LogP contribution in [0.3, 0.4) is 0 Å². The number of hydrogen-bond acceptors (Lipinski definition) is 3. The Kier molecular flexibility index (Phi) is 4.91. The van der Waals surface area contributed by atoms with Gasteiger partial charge in [-0.2, -0.15) is 0 Å². The molecular formula is C13H16Cl2N2O2. The van der Waals surface area contributed by atoms with E-state index in [1.165, 1.54) is 6.07 Å². The maximum atomic E-state index is 11.4. The topological polar surface area (TPSA) is 61.4 Å². The first-order chi connectivity index (χ1) is 9.06. The van der Waals surface area contributed by atoms with E-state index in [-0.39, 0.29) is 16.7 Å². The Bertz CT molecular complexity index is 476. The molecule has 0 heterocycles. The third-order valence-electron chi connectivity index (χ3n) is 2.89. The van der Waals surface area contributed by atoms with Crippen molar-refractivity contribution in [3.8, 4) is 5.75 Å². The molecule has 6 heteroatoms. The quantitative estimate of drug-likeness (QED) is 0.707. The Morgan fingerprint density at radius 1 is 1.37 bits per heavy atom. The van der Waals surface area contributed by atoms with Crippen LogP contribution in [0.15, 0.2) is 12.1 Å². The van der Waals surface area contributed by atoms with E-state index >= 15 is 0 Å². The number of carbonyl (C=O) groups excluding carboxylic acids is 1. The van der Waals surface area contributed by atoms with Crippen molar-refractivity contribution in [2.24, 2.45) is 0 Å². The van der Waals surface area contributed by atoms with E-state index in [1.54, 1.807) is 6.07 Å². The molecule has 19 heavy (non-hydrogen) atoms. The zero-order chi connectivity index (χ0) is 13.8. The number of rotatable bonds is 6. The van der Waals surface area contributed by atoms with E-state index in [2.05, 4.69) is 10.6 Å². The van der Waals surface area contributed by atoms with Crippen LogP contribution < -0.4 is 10.6 Å². The Morgan fingerprint density at radius 2 is 2.11 bits per heavy atom. The van der Waals surface area contributed by atoms with E-state index in [4.69, 9.17) is 23.2 Å². The second-order valence-electron chi connectivity index (χ2n) is 4.66. The van der Waals surface area contributed by atoms with Gasteiger partial charge in [0, 0.05) is 36.1 Å². The van der Waals surface area contributed by atoms with Crippen molar-refractivity contribution >= 4 is 29.1 Å². The molecule has 0 unspecified atom stereocenters. The standard InChI is InChI=1S/C13H16Cl2N2O2/c14-9-5-8(13(19)11(15)6-9)7-16-4-3-12(18)17-10-1-2-10/h5-6,10,16,19H,1-4,7H2,(H,17,18). The zero-order valence-electron chi connectivity index (χ0n) is 10.4. The van der Waals surface area contributed by atoms with Gasteiger partial charge in [0.25, 0.3) is 0 Å². The molecule has 0 aromatic heterocycles. The molecule has 1 saturated carbocycles. The Labute approximate surface area is 122 Å². The molecule has 0 atom stereocenters. The van der Waals surface area contributed by atoms with Crippen LogP contribution >= 0.6 is 23.2 Å². The lowest BCUT2D eigenvalue weighted by atomic mass is 10.2. The maximum absolute atomic E-state index is 11.4. The molecule has 1 aliphatic carbocycles. The molecule has 1 aliphatic rings. The summed E-state index contributed by atoms with van der Waals surface area (Å²) in [6.45, 7) is 0.963. The van der Waals surface area contributed by atoms with Crippen molar-refractivity contribution in [2.75, 3.05) is 6.54 Å². The molecule has 0 saturated heterocycles. The summed E-state index contributed by atoms with van der Waals surface area (Å²) in [4.78, 5) is 11.4. The monoisotopic (exact) mass is 302 g/mol. The number of nitrogens with one attached hydrogen (secondary N) is 2. The van der Waals surface area contributed by atoms with Gasteiger partial charge in [0.15, 0.2) is 0 Å². The van der Waals surface area contributed by atoms with Gasteiger partial charge in [-0.3, -0.25) is 4.79 Å². The van der Waals surface area contributed by atoms with Gasteiger partial charge in [0.05, 0.1) is 5.02 Å². The van der Waals surface area contributed by atoms with E-state index in [9.17, 15) is 9.90 Å². The lowest BCUT2D eigenvalue weighted by molar-refractivity contribution is -0.121. The molecule has 1 aromatic rings. The highest BCUT2D eigenvalue weighted by molar-refractivity contribution is 6.35. The average Bonchev–Trinajstić information content (AvgIpc) is 3.14. The number of benzene rings is 1. The summed E-state index contributed by atoms with van der Waals surface area (Å²) >= 11 is 11.7. The van der Waals surface area contributed by atoms with Crippen molar-refractivity contribution in [2.45, 2.75) is 31.8 Å². The van der Waals surface area contributed by atoms with E-state index < -0.39 is 0 Å². The first-order valence-electron chi connectivity index (χ1n) is 6.23.